The summed E-state index contributed by atoms with van der Waals surface area (Å²) in [6, 6.07) is 11.3. The number of rotatable bonds is 8. The number of hydrogen-bond donors (Lipinski definition) is 1. The molecule has 1 aromatic heterocycles. The van der Waals surface area contributed by atoms with E-state index in [1.54, 1.807) is 24.3 Å². The summed E-state index contributed by atoms with van der Waals surface area (Å²) in [6.07, 6.45) is 1.51. The predicted octanol–water partition coefficient (Wildman–Crippen LogP) is 3.38. The van der Waals surface area contributed by atoms with Crippen LogP contribution in [-0.2, 0) is 16.9 Å². The molecule has 2 aromatic carbocycles. The predicted molar refractivity (Wildman–Crippen MR) is 139 cm³/mol. The standard InChI is InChI=1S/C26H30ClFN4O4/c1-26(2,24(34)35)32-23(33)21-17-18(27)5-10-22(21)31(25(32)36)12-4-3-11-29-13-15-30(16-14-29)20-8-6-19(28)7-9-20/h5-10,17H,3-4,11-16H2,1-2H3,(H,34,35). The van der Waals surface area contributed by atoms with Gasteiger partial charge in [0, 0.05) is 43.4 Å². The molecule has 0 saturated carbocycles. The quantitative estimate of drug-likeness (QED) is 0.462. The molecular weight excluding hydrogens is 487 g/mol. The highest BCUT2D eigenvalue weighted by Gasteiger charge is 2.34. The molecule has 8 nitrogen and oxygen atoms in total. The molecule has 3 aromatic rings. The molecule has 1 fully saturated rings. The van der Waals surface area contributed by atoms with E-state index < -0.39 is 22.8 Å². The number of piperazine rings is 1. The Morgan fingerprint density at radius 1 is 1.00 bits per heavy atom. The van der Waals surface area contributed by atoms with Crippen LogP contribution in [0.2, 0.25) is 5.02 Å². The van der Waals surface area contributed by atoms with Crippen LogP contribution in [0.1, 0.15) is 26.7 Å². The zero-order chi connectivity index (χ0) is 26.0. The van der Waals surface area contributed by atoms with Crippen molar-refractivity contribution in [2.75, 3.05) is 37.6 Å². The number of carboxylic acid groups (broad SMARTS) is 1. The van der Waals surface area contributed by atoms with Gasteiger partial charge in [-0.25, -0.2) is 18.5 Å². The SMILES string of the molecule is CC(C)(C(=O)O)n1c(=O)c2cc(Cl)ccc2n(CCCCN2CCN(c3ccc(F)cc3)CC2)c1=O. The Balaban J connectivity index is 1.45. The average Bonchev–Trinajstić information content (AvgIpc) is 2.84. The fourth-order valence-corrected chi connectivity index (χ4v) is 4.81. The molecule has 192 valence electrons. The Hall–Kier alpha value is -3.17. The molecule has 0 aliphatic carbocycles. The van der Waals surface area contributed by atoms with Gasteiger partial charge in [0.25, 0.3) is 5.56 Å². The van der Waals surface area contributed by atoms with Crippen molar-refractivity contribution >= 4 is 34.2 Å². The lowest BCUT2D eigenvalue weighted by atomic mass is 10.1. The van der Waals surface area contributed by atoms with Crippen molar-refractivity contribution in [1.82, 2.24) is 14.0 Å². The molecule has 36 heavy (non-hydrogen) atoms. The molecule has 0 unspecified atom stereocenters. The Morgan fingerprint density at radius 3 is 2.28 bits per heavy atom. The van der Waals surface area contributed by atoms with Crippen LogP contribution in [0.25, 0.3) is 10.9 Å². The third-order valence-electron chi connectivity index (χ3n) is 6.86. The molecule has 1 aliphatic heterocycles. The van der Waals surface area contributed by atoms with Crippen LogP contribution in [0.15, 0.2) is 52.1 Å². The van der Waals surface area contributed by atoms with E-state index in [0.29, 0.717) is 23.5 Å². The van der Waals surface area contributed by atoms with E-state index in [-0.39, 0.29) is 11.2 Å². The second kappa shape index (κ2) is 10.4. The summed E-state index contributed by atoms with van der Waals surface area (Å²) in [5.41, 5.74) is -1.56. The Bertz CT molecular complexity index is 1380. The number of unbranched alkanes of at least 4 members (excludes halogenated alkanes) is 1. The first-order valence-corrected chi connectivity index (χ1v) is 12.4. The van der Waals surface area contributed by atoms with Gasteiger partial charge in [0.2, 0.25) is 0 Å². The number of benzene rings is 2. The van der Waals surface area contributed by atoms with Crippen LogP contribution < -0.4 is 16.1 Å². The topological polar surface area (TPSA) is 87.8 Å². The summed E-state index contributed by atoms with van der Waals surface area (Å²) in [7, 11) is 0. The lowest BCUT2D eigenvalue weighted by Gasteiger charge is -2.36. The number of aliphatic carboxylic acids is 1. The van der Waals surface area contributed by atoms with Gasteiger partial charge in [0.1, 0.15) is 11.4 Å². The van der Waals surface area contributed by atoms with Gasteiger partial charge >= 0.3 is 11.7 Å². The van der Waals surface area contributed by atoms with Gasteiger partial charge in [0.05, 0.1) is 10.9 Å². The van der Waals surface area contributed by atoms with Crippen molar-refractivity contribution in [3.05, 3.63) is 74.1 Å². The lowest BCUT2D eigenvalue weighted by molar-refractivity contribution is -0.146. The fraction of sp³-hybridized carbons (Fsp3) is 0.423. The van der Waals surface area contributed by atoms with Crippen molar-refractivity contribution < 1.29 is 14.3 Å². The molecule has 1 aliphatic rings. The van der Waals surface area contributed by atoms with Gasteiger partial charge < -0.3 is 10.0 Å². The molecule has 0 spiro atoms. The van der Waals surface area contributed by atoms with Gasteiger partial charge in [-0.1, -0.05) is 11.6 Å². The van der Waals surface area contributed by atoms with E-state index in [0.717, 1.165) is 49.4 Å². The summed E-state index contributed by atoms with van der Waals surface area (Å²) >= 11 is 6.10. The van der Waals surface area contributed by atoms with Gasteiger partial charge in [-0.3, -0.25) is 14.3 Å². The number of hydrogen-bond acceptors (Lipinski definition) is 5. The maximum absolute atomic E-state index is 13.3. The fourth-order valence-electron chi connectivity index (χ4n) is 4.64. The van der Waals surface area contributed by atoms with Crippen LogP contribution in [0.5, 0.6) is 0 Å². The number of aryl methyl sites for hydroxylation is 1. The molecular formula is C26H30ClFN4O4. The van der Waals surface area contributed by atoms with Crippen molar-refractivity contribution in [3.8, 4) is 0 Å². The summed E-state index contributed by atoms with van der Waals surface area (Å²) in [5.74, 6) is -1.51. The molecule has 10 heteroatoms. The zero-order valence-corrected chi connectivity index (χ0v) is 21.2. The van der Waals surface area contributed by atoms with E-state index in [2.05, 4.69) is 9.80 Å². The number of halogens is 2. The summed E-state index contributed by atoms with van der Waals surface area (Å²) in [4.78, 5) is 42.8. The second-order valence-electron chi connectivity index (χ2n) is 9.61. The minimum atomic E-state index is -1.71. The molecule has 1 saturated heterocycles. The maximum atomic E-state index is 13.3. The Labute approximate surface area is 213 Å². The van der Waals surface area contributed by atoms with Gasteiger partial charge in [-0.05, 0) is 75.7 Å². The summed E-state index contributed by atoms with van der Waals surface area (Å²) < 4.78 is 15.5. The second-order valence-corrected chi connectivity index (χ2v) is 10.0. The Kier molecular flexibility index (Phi) is 7.51. The van der Waals surface area contributed by atoms with E-state index in [1.165, 1.54) is 36.6 Å². The summed E-state index contributed by atoms with van der Waals surface area (Å²) in [6.45, 7) is 7.36. The average molecular weight is 517 g/mol. The molecule has 2 heterocycles. The number of aromatic nitrogens is 2. The van der Waals surface area contributed by atoms with Crippen LogP contribution in [0.4, 0.5) is 10.1 Å². The number of anilines is 1. The van der Waals surface area contributed by atoms with E-state index >= 15 is 0 Å². The normalized spacial score (nSPS) is 14.9. The molecule has 0 bridgehead atoms. The zero-order valence-electron chi connectivity index (χ0n) is 20.4. The molecule has 4 rings (SSSR count). The number of nitrogens with zero attached hydrogens (tertiary/aromatic N) is 4. The monoisotopic (exact) mass is 516 g/mol. The van der Waals surface area contributed by atoms with Crippen molar-refractivity contribution in [1.29, 1.82) is 0 Å². The third-order valence-corrected chi connectivity index (χ3v) is 7.09. The molecule has 0 atom stereocenters. The van der Waals surface area contributed by atoms with E-state index in [1.807, 2.05) is 0 Å². The van der Waals surface area contributed by atoms with Crippen LogP contribution in [-0.4, -0.2) is 57.8 Å². The maximum Gasteiger partial charge on any atom is 0.332 e. The third kappa shape index (κ3) is 5.17. The van der Waals surface area contributed by atoms with Gasteiger partial charge in [0.15, 0.2) is 0 Å². The van der Waals surface area contributed by atoms with Crippen LogP contribution in [0, 0.1) is 5.82 Å². The van der Waals surface area contributed by atoms with Crippen LogP contribution in [0.3, 0.4) is 0 Å². The number of carbonyl (C=O) groups is 1. The molecule has 1 N–H and O–H groups in total. The Morgan fingerprint density at radius 2 is 1.64 bits per heavy atom. The highest BCUT2D eigenvalue weighted by molar-refractivity contribution is 6.31. The van der Waals surface area contributed by atoms with Crippen molar-refractivity contribution in [3.63, 3.8) is 0 Å². The lowest BCUT2D eigenvalue weighted by Crippen LogP contribution is -2.52. The van der Waals surface area contributed by atoms with Gasteiger partial charge in [-0.15, -0.1) is 0 Å². The number of carboxylic acids is 1. The molecule has 0 amide bonds. The smallest absolute Gasteiger partial charge is 0.332 e. The largest absolute Gasteiger partial charge is 0.480 e. The molecule has 0 radical (unpaired) electrons. The van der Waals surface area contributed by atoms with E-state index in [4.69, 9.17) is 11.6 Å². The first-order chi connectivity index (χ1) is 17.1. The van der Waals surface area contributed by atoms with Gasteiger partial charge in [-0.2, -0.15) is 0 Å². The first kappa shape index (κ1) is 25.9. The van der Waals surface area contributed by atoms with Crippen LogP contribution >= 0.6 is 11.6 Å². The summed E-state index contributed by atoms with van der Waals surface area (Å²) in [5, 5.41) is 10.2. The van der Waals surface area contributed by atoms with E-state index in [9.17, 15) is 23.9 Å². The van der Waals surface area contributed by atoms with Crippen molar-refractivity contribution in [2.45, 2.75) is 38.8 Å². The minimum absolute atomic E-state index is 0.216. The van der Waals surface area contributed by atoms with Crippen molar-refractivity contribution in [2.24, 2.45) is 0 Å². The first-order valence-electron chi connectivity index (χ1n) is 12.0. The minimum Gasteiger partial charge on any atom is -0.480 e. The highest BCUT2D eigenvalue weighted by Crippen LogP contribution is 2.19. The highest BCUT2D eigenvalue weighted by atomic mass is 35.5. The number of fused-ring (bicyclic) bond motifs is 1.